The fourth-order valence-electron chi connectivity index (χ4n) is 4.42. The highest BCUT2D eigenvalue weighted by Crippen LogP contribution is 2.43. The minimum Gasteiger partial charge on any atom is -0.302 e. The number of hydrogen-bond acceptors (Lipinski definition) is 7. The van der Waals surface area contributed by atoms with E-state index in [9.17, 15) is 17.6 Å². The van der Waals surface area contributed by atoms with Gasteiger partial charge in [-0.15, -0.1) is 11.3 Å². The van der Waals surface area contributed by atoms with Crippen LogP contribution in [0.5, 0.6) is 0 Å². The number of hydrogen-bond donors (Lipinski definition) is 1. The lowest BCUT2D eigenvalue weighted by molar-refractivity contribution is -0.115. The molecule has 0 aliphatic carbocycles. The topological polar surface area (TPSA) is 103 Å². The van der Waals surface area contributed by atoms with Crippen molar-refractivity contribution in [3.63, 3.8) is 0 Å². The number of sulfone groups is 1. The van der Waals surface area contributed by atoms with Crippen LogP contribution in [-0.4, -0.2) is 30.0 Å². The normalized spacial score (nSPS) is 15.6. The first-order valence-electron chi connectivity index (χ1n) is 11.6. The van der Waals surface area contributed by atoms with E-state index in [1.54, 1.807) is 25.1 Å². The van der Waals surface area contributed by atoms with Crippen LogP contribution in [0.3, 0.4) is 0 Å². The zero-order valence-corrected chi connectivity index (χ0v) is 21.9. The number of amides is 1. The van der Waals surface area contributed by atoms with Gasteiger partial charge in [-0.2, -0.15) is 5.26 Å². The van der Waals surface area contributed by atoms with Gasteiger partial charge in [0.1, 0.15) is 11.9 Å². The molecule has 1 atom stereocenters. The van der Waals surface area contributed by atoms with Gasteiger partial charge in [0.05, 0.1) is 34.4 Å². The standard InChI is InChI=1S/C26H27FN4O3S2/c1-4-36(33,34)20-9-6-17(7-10-20)12-23(32)29-26-30-24-22(35-26)15-31(25(24)16(2)3)14-18-5-8-19(13-28)21(27)11-18/h5-11,16,25H,4,12,14-15H2,1-3H3,(H,29,30,32). The first kappa shape index (κ1) is 25.9. The van der Waals surface area contributed by atoms with E-state index in [1.165, 1.54) is 35.6 Å². The van der Waals surface area contributed by atoms with Crippen molar-refractivity contribution in [1.82, 2.24) is 9.88 Å². The van der Waals surface area contributed by atoms with Crippen molar-refractivity contribution in [2.75, 3.05) is 11.1 Å². The molecule has 1 aliphatic rings. The predicted octanol–water partition coefficient (Wildman–Crippen LogP) is 4.84. The highest BCUT2D eigenvalue weighted by Gasteiger charge is 2.36. The second-order valence-corrected chi connectivity index (χ2v) is 12.5. The van der Waals surface area contributed by atoms with E-state index in [0.29, 0.717) is 23.8 Å². The van der Waals surface area contributed by atoms with Crippen LogP contribution in [0.2, 0.25) is 0 Å². The highest BCUT2D eigenvalue weighted by molar-refractivity contribution is 7.91. The van der Waals surface area contributed by atoms with Gasteiger partial charge in [-0.3, -0.25) is 9.69 Å². The molecule has 1 aliphatic heterocycles. The molecule has 2 aromatic carbocycles. The first-order valence-corrected chi connectivity index (χ1v) is 14.1. The molecule has 0 fully saturated rings. The third kappa shape index (κ3) is 5.48. The lowest BCUT2D eigenvalue weighted by Crippen LogP contribution is -2.26. The van der Waals surface area contributed by atoms with E-state index in [1.807, 2.05) is 6.07 Å². The second-order valence-electron chi connectivity index (χ2n) is 9.12. The summed E-state index contributed by atoms with van der Waals surface area (Å²) in [5.41, 5.74) is 2.46. The molecule has 4 rings (SSSR count). The Kier molecular flexibility index (Phi) is 7.54. The summed E-state index contributed by atoms with van der Waals surface area (Å²) < 4.78 is 38.0. The number of nitrogens with zero attached hydrogens (tertiary/aromatic N) is 3. The monoisotopic (exact) mass is 526 g/mol. The van der Waals surface area contributed by atoms with Crippen molar-refractivity contribution in [2.45, 2.75) is 51.2 Å². The maximum atomic E-state index is 14.1. The maximum absolute atomic E-state index is 14.1. The van der Waals surface area contributed by atoms with E-state index in [2.05, 4.69) is 24.1 Å². The summed E-state index contributed by atoms with van der Waals surface area (Å²) in [5, 5.41) is 12.4. The third-order valence-electron chi connectivity index (χ3n) is 6.19. The largest absolute Gasteiger partial charge is 0.302 e. The van der Waals surface area contributed by atoms with E-state index in [4.69, 9.17) is 10.2 Å². The number of carbonyl (C=O) groups excluding carboxylic acids is 1. The summed E-state index contributed by atoms with van der Waals surface area (Å²) in [5.74, 6) is -0.465. The molecule has 36 heavy (non-hydrogen) atoms. The van der Waals surface area contributed by atoms with Crippen molar-refractivity contribution >= 4 is 32.2 Å². The van der Waals surface area contributed by atoms with Crippen LogP contribution in [0, 0.1) is 23.1 Å². The SMILES string of the molecule is CCS(=O)(=O)c1ccc(CC(=O)Nc2nc3c(s2)CN(Cc2ccc(C#N)c(F)c2)C3C(C)C)cc1. The van der Waals surface area contributed by atoms with Crippen LogP contribution in [0.15, 0.2) is 47.4 Å². The van der Waals surface area contributed by atoms with Crippen LogP contribution in [-0.2, 0) is 34.1 Å². The molecule has 1 aromatic heterocycles. The molecule has 188 valence electrons. The number of carbonyl (C=O) groups is 1. The van der Waals surface area contributed by atoms with Crippen molar-refractivity contribution in [3.05, 3.63) is 75.5 Å². The zero-order valence-electron chi connectivity index (χ0n) is 20.3. The smallest absolute Gasteiger partial charge is 0.230 e. The van der Waals surface area contributed by atoms with Gasteiger partial charge in [0.25, 0.3) is 0 Å². The van der Waals surface area contributed by atoms with Gasteiger partial charge in [0.2, 0.25) is 5.91 Å². The molecule has 3 aromatic rings. The number of fused-ring (bicyclic) bond motifs is 1. The molecule has 0 saturated carbocycles. The maximum Gasteiger partial charge on any atom is 0.230 e. The van der Waals surface area contributed by atoms with Crippen molar-refractivity contribution in [2.24, 2.45) is 5.92 Å². The lowest BCUT2D eigenvalue weighted by Gasteiger charge is -2.27. The lowest BCUT2D eigenvalue weighted by atomic mass is 10.0. The Morgan fingerprint density at radius 1 is 1.25 bits per heavy atom. The summed E-state index contributed by atoms with van der Waals surface area (Å²) in [6.45, 7) is 6.97. The number of benzene rings is 2. The van der Waals surface area contributed by atoms with Gasteiger partial charge < -0.3 is 5.32 Å². The molecule has 2 heterocycles. The Hall–Kier alpha value is -3.13. The Balaban J connectivity index is 1.43. The molecule has 10 heteroatoms. The fraction of sp³-hybridized carbons (Fsp3) is 0.346. The van der Waals surface area contributed by atoms with Gasteiger partial charge in [0, 0.05) is 18.0 Å². The number of anilines is 1. The van der Waals surface area contributed by atoms with Crippen LogP contribution in [0.25, 0.3) is 0 Å². The molecule has 1 unspecified atom stereocenters. The van der Waals surface area contributed by atoms with Gasteiger partial charge in [-0.05, 0) is 41.3 Å². The Morgan fingerprint density at radius 3 is 2.56 bits per heavy atom. The average Bonchev–Trinajstić information content (AvgIpc) is 3.35. The number of thiazole rings is 1. The van der Waals surface area contributed by atoms with Crippen LogP contribution >= 0.6 is 11.3 Å². The molecular weight excluding hydrogens is 499 g/mol. The third-order valence-corrected chi connectivity index (χ3v) is 8.91. The van der Waals surface area contributed by atoms with Gasteiger partial charge in [0.15, 0.2) is 15.0 Å². The number of aromatic nitrogens is 1. The Labute approximate surface area is 214 Å². The summed E-state index contributed by atoms with van der Waals surface area (Å²) in [7, 11) is -3.28. The molecule has 1 amide bonds. The molecule has 7 nitrogen and oxygen atoms in total. The summed E-state index contributed by atoms with van der Waals surface area (Å²) in [6.07, 6.45) is 0.112. The number of halogens is 1. The molecule has 1 N–H and O–H groups in total. The average molecular weight is 527 g/mol. The van der Waals surface area contributed by atoms with Gasteiger partial charge in [-0.25, -0.2) is 17.8 Å². The van der Waals surface area contributed by atoms with Gasteiger partial charge in [-0.1, -0.05) is 39.0 Å². The molecule has 0 spiro atoms. The first-order chi connectivity index (χ1) is 17.1. The summed E-state index contributed by atoms with van der Waals surface area (Å²) >= 11 is 1.43. The van der Waals surface area contributed by atoms with Crippen molar-refractivity contribution in [3.8, 4) is 6.07 Å². The van der Waals surface area contributed by atoms with Gasteiger partial charge >= 0.3 is 0 Å². The summed E-state index contributed by atoms with van der Waals surface area (Å²) in [4.78, 5) is 20.9. The molecule has 0 saturated heterocycles. The molecule has 0 radical (unpaired) electrons. The van der Waals surface area contributed by atoms with Crippen molar-refractivity contribution < 1.29 is 17.6 Å². The minimum absolute atomic E-state index is 0.0219. The zero-order chi connectivity index (χ0) is 26.0. The minimum atomic E-state index is -3.28. The van der Waals surface area contributed by atoms with Crippen LogP contribution in [0.1, 0.15) is 54.1 Å². The molecule has 0 bridgehead atoms. The number of nitriles is 1. The second kappa shape index (κ2) is 10.5. The quantitative estimate of drug-likeness (QED) is 0.451. The highest BCUT2D eigenvalue weighted by atomic mass is 32.2. The van der Waals surface area contributed by atoms with E-state index >= 15 is 0 Å². The van der Waals surface area contributed by atoms with Crippen molar-refractivity contribution in [1.29, 1.82) is 5.26 Å². The number of rotatable bonds is 8. The van der Waals surface area contributed by atoms with Crippen LogP contribution < -0.4 is 5.32 Å². The predicted molar refractivity (Wildman–Crippen MR) is 137 cm³/mol. The van der Waals surface area contributed by atoms with E-state index in [-0.39, 0.29) is 40.5 Å². The molecular formula is C26H27FN4O3S2. The Bertz CT molecular complexity index is 1430. The number of nitrogens with one attached hydrogen (secondary N) is 1. The Morgan fingerprint density at radius 2 is 1.94 bits per heavy atom. The summed E-state index contributed by atoms with van der Waals surface area (Å²) in [6, 6.07) is 12.9. The van der Waals surface area contributed by atoms with E-state index in [0.717, 1.165) is 16.1 Å². The van der Waals surface area contributed by atoms with E-state index < -0.39 is 15.7 Å². The van der Waals surface area contributed by atoms with Crippen LogP contribution in [0.4, 0.5) is 9.52 Å². The fourth-order valence-corrected chi connectivity index (χ4v) is 6.35.